The van der Waals surface area contributed by atoms with Crippen LogP contribution in [-0.4, -0.2) is 32.7 Å². The largest absolute Gasteiger partial charge is 0.493 e. The third-order valence-corrected chi connectivity index (χ3v) is 3.61. The predicted octanol–water partition coefficient (Wildman–Crippen LogP) is 2.46. The first kappa shape index (κ1) is 12.9. The maximum atomic E-state index is 12.4. The molecule has 0 atom stereocenters. The van der Waals surface area contributed by atoms with E-state index in [1.54, 1.807) is 39.5 Å². The summed E-state index contributed by atoms with van der Waals surface area (Å²) in [4.78, 5) is 12.4. The fraction of sp³-hybridized carbons (Fsp3) is 0.500. The van der Waals surface area contributed by atoms with Crippen LogP contribution in [0, 0.1) is 0 Å². The monoisotopic (exact) mass is 250 g/mol. The minimum absolute atomic E-state index is 0.0252. The summed E-state index contributed by atoms with van der Waals surface area (Å²) in [5, 5.41) is 0. The smallest absolute Gasteiger partial charge is 0.194 e. The number of ketones is 1. The van der Waals surface area contributed by atoms with Crippen molar-refractivity contribution < 1.29 is 19.0 Å². The Morgan fingerprint density at radius 2 is 1.78 bits per heavy atom. The average molecular weight is 250 g/mol. The predicted molar refractivity (Wildman–Crippen MR) is 67.5 cm³/mol. The lowest BCUT2D eigenvalue weighted by Gasteiger charge is -2.38. The molecule has 0 radical (unpaired) electrons. The molecule has 0 aliphatic heterocycles. The van der Waals surface area contributed by atoms with Gasteiger partial charge in [0.1, 0.15) is 5.60 Å². The molecule has 0 saturated heterocycles. The number of carbonyl (C=O) groups excluding carboxylic acids is 1. The van der Waals surface area contributed by atoms with E-state index in [2.05, 4.69) is 0 Å². The Balaban J connectivity index is 2.31. The van der Waals surface area contributed by atoms with Crippen LogP contribution >= 0.6 is 0 Å². The molecule has 1 aromatic carbocycles. The van der Waals surface area contributed by atoms with Crippen LogP contribution in [0.2, 0.25) is 0 Å². The van der Waals surface area contributed by atoms with Gasteiger partial charge in [0.05, 0.1) is 14.2 Å². The van der Waals surface area contributed by atoms with E-state index in [0.717, 1.165) is 19.3 Å². The topological polar surface area (TPSA) is 44.8 Å². The van der Waals surface area contributed by atoms with Crippen LogP contribution in [0.4, 0.5) is 0 Å². The molecule has 0 unspecified atom stereocenters. The van der Waals surface area contributed by atoms with E-state index in [-0.39, 0.29) is 5.78 Å². The lowest BCUT2D eigenvalue weighted by atomic mass is 9.75. The summed E-state index contributed by atoms with van der Waals surface area (Å²) in [7, 11) is 4.72. The molecule has 4 nitrogen and oxygen atoms in total. The van der Waals surface area contributed by atoms with Crippen molar-refractivity contribution in [1.29, 1.82) is 0 Å². The standard InChI is InChI=1S/C14H18O4/c1-16-11-6-5-10(9-12(11)17-2)13(15)14(18-3)7-4-8-14/h5-6,9H,4,7-8H2,1-3H3. The lowest BCUT2D eigenvalue weighted by molar-refractivity contribution is -0.0448. The highest BCUT2D eigenvalue weighted by atomic mass is 16.5. The highest BCUT2D eigenvalue weighted by molar-refractivity contribution is 6.03. The molecule has 0 spiro atoms. The Kier molecular flexibility index (Phi) is 3.57. The van der Waals surface area contributed by atoms with E-state index in [9.17, 15) is 4.79 Å². The van der Waals surface area contributed by atoms with Gasteiger partial charge in [0.2, 0.25) is 0 Å². The molecule has 0 heterocycles. The maximum absolute atomic E-state index is 12.4. The Bertz CT molecular complexity index is 444. The molecule has 4 heteroatoms. The molecule has 2 rings (SSSR count). The van der Waals surface area contributed by atoms with Gasteiger partial charge in [-0.05, 0) is 37.5 Å². The second kappa shape index (κ2) is 4.98. The quantitative estimate of drug-likeness (QED) is 0.753. The van der Waals surface area contributed by atoms with E-state index in [1.165, 1.54) is 0 Å². The first-order chi connectivity index (χ1) is 8.66. The molecule has 0 bridgehead atoms. The zero-order chi connectivity index (χ0) is 13.2. The van der Waals surface area contributed by atoms with Crippen LogP contribution in [0.15, 0.2) is 18.2 Å². The van der Waals surface area contributed by atoms with E-state index in [4.69, 9.17) is 14.2 Å². The molecule has 1 aromatic rings. The fourth-order valence-electron chi connectivity index (χ4n) is 2.26. The minimum atomic E-state index is -0.625. The lowest BCUT2D eigenvalue weighted by Crippen LogP contribution is -2.47. The van der Waals surface area contributed by atoms with Gasteiger partial charge in [-0.25, -0.2) is 0 Å². The number of ether oxygens (including phenoxy) is 3. The second-order valence-electron chi connectivity index (χ2n) is 4.45. The first-order valence-corrected chi connectivity index (χ1v) is 5.99. The number of hydrogen-bond acceptors (Lipinski definition) is 4. The summed E-state index contributed by atoms with van der Waals surface area (Å²) < 4.78 is 15.8. The summed E-state index contributed by atoms with van der Waals surface area (Å²) in [6.45, 7) is 0. The first-order valence-electron chi connectivity index (χ1n) is 5.99. The minimum Gasteiger partial charge on any atom is -0.493 e. The van der Waals surface area contributed by atoms with Gasteiger partial charge in [-0.1, -0.05) is 0 Å². The molecule has 0 aromatic heterocycles. The zero-order valence-corrected chi connectivity index (χ0v) is 11.0. The number of carbonyl (C=O) groups is 1. The Hall–Kier alpha value is -1.55. The molecule has 1 fully saturated rings. The van der Waals surface area contributed by atoms with Crippen LogP contribution in [0.3, 0.4) is 0 Å². The van der Waals surface area contributed by atoms with Crippen LogP contribution < -0.4 is 9.47 Å². The second-order valence-corrected chi connectivity index (χ2v) is 4.45. The molecular formula is C14H18O4. The van der Waals surface area contributed by atoms with Gasteiger partial charge < -0.3 is 14.2 Å². The number of hydrogen-bond donors (Lipinski definition) is 0. The SMILES string of the molecule is COc1ccc(C(=O)C2(OC)CCC2)cc1OC. The molecule has 98 valence electrons. The summed E-state index contributed by atoms with van der Waals surface area (Å²) >= 11 is 0. The normalized spacial score (nSPS) is 16.8. The molecular weight excluding hydrogens is 232 g/mol. The van der Waals surface area contributed by atoms with Gasteiger partial charge in [0.25, 0.3) is 0 Å². The summed E-state index contributed by atoms with van der Waals surface area (Å²) in [6, 6.07) is 5.21. The van der Waals surface area contributed by atoms with E-state index in [0.29, 0.717) is 17.1 Å². The highest BCUT2D eigenvalue weighted by Crippen LogP contribution is 2.39. The summed E-state index contributed by atoms with van der Waals surface area (Å²) in [5.41, 5.74) is -0.0197. The Morgan fingerprint density at radius 1 is 1.11 bits per heavy atom. The van der Waals surface area contributed by atoms with Crippen molar-refractivity contribution in [3.63, 3.8) is 0 Å². The molecule has 18 heavy (non-hydrogen) atoms. The Morgan fingerprint density at radius 3 is 2.22 bits per heavy atom. The van der Waals surface area contributed by atoms with E-state index < -0.39 is 5.60 Å². The molecule has 1 saturated carbocycles. The van der Waals surface area contributed by atoms with Crippen molar-refractivity contribution in [1.82, 2.24) is 0 Å². The van der Waals surface area contributed by atoms with Gasteiger partial charge in [0.15, 0.2) is 17.3 Å². The van der Waals surface area contributed by atoms with E-state index >= 15 is 0 Å². The van der Waals surface area contributed by atoms with Gasteiger partial charge >= 0.3 is 0 Å². The molecule has 1 aliphatic carbocycles. The van der Waals surface area contributed by atoms with Gasteiger partial charge in [-0.2, -0.15) is 0 Å². The molecule has 0 amide bonds. The van der Waals surface area contributed by atoms with Crippen LogP contribution in [0.5, 0.6) is 11.5 Å². The number of Topliss-reactive ketones (excluding diaryl/α,β-unsaturated/α-hetero) is 1. The number of methoxy groups -OCH3 is 3. The van der Waals surface area contributed by atoms with Crippen molar-refractivity contribution in [3.8, 4) is 11.5 Å². The highest BCUT2D eigenvalue weighted by Gasteiger charge is 2.44. The van der Waals surface area contributed by atoms with Crippen molar-refractivity contribution in [2.45, 2.75) is 24.9 Å². The van der Waals surface area contributed by atoms with Gasteiger partial charge in [-0.3, -0.25) is 4.79 Å². The third kappa shape index (κ3) is 1.97. The van der Waals surface area contributed by atoms with Crippen molar-refractivity contribution >= 4 is 5.78 Å². The summed E-state index contributed by atoms with van der Waals surface area (Å²) in [5.74, 6) is 1.21. The van der Waals surface area contributed by atoms with Gasteiger partial charge in [-0.15, -0.1) is 0 Å². The summed E-state index contributed by atoms with van der Waals surface area (Å²) in [6.07, 6.45) is 2.61. The van der Waals surface area contributed by atoms with Crippen molar-refractivity contribution in [3.05, 3.63) is 23.8 Å². The third-order valence-electron chi connectivity index (χ3n) is 3.61. The van der Waals surface area contributed by atoms with Crippen LogP contribution in [0.1, 0.15) is 29.6 Å². The number of benzene rings is 1. The maximum Gasteiger partial charge on any atom is 0.194 e. The number of rotatable bonds is 5. The van der Waals surface area contributed by atoms with Crippen molar-refractivity contribution in [2.75, 3.05) is 21.3 Å². The van der Waals surface area contributed by atoms with Gasteiger partial charge in [0, 0.05) is 12.7 Å². The van der Waals surface area contributed by atoms with Crippen LogP contribution in [-0.2, 0) is 4.74 Å². The fourth-order valence-corrected chi connectivity index (χ4v) is 2.26. The Labute approximate surface area is 107 Å². The van der Waals surface area contributed by atoms with E-state index in [1.807, 2.05) is 0 Å². The van der Waals surface area contributed by atoms with Crippen molar-refractivity contribution in [2.24, 2.45) is 0 Å². The zero-order valence-electron chi connectivity index (χ0n) is 11.0. The molecule has 0 N–H and O–H groups in total. The average Bonchev–Trinajstić information content (AvgIpc) is 2.37. The van der Waals surface area contributed by atoms with Crippen LogP contribution in [0.25, 0.3) is 0 Å². The molecule has 1 aliphatic rings.